The van der Waals surface area contributed by atoms with Crippen LogP contribution in [0.2, 0.25) is 0 Å². The molecule has 3 aromatic carbocycles. The fourth-order valence-corrected chi connectivity index (χ4v) is 6.56. The number of carbonyl (C=O) groups is 2. The highest BCUT2D eigenvalue weighted by Crippen LogP contribution is 2.49. The van der Waals surface area contributed by atoms with Crippen molar-refractivity contribution in [2.75, 3.05) is 51.8 Å². The quantitative estimate of drug-likeness (QED) is 0.502. The number of ether oxygens (including phenoxy) is 2. The second-order valence-electron chi connectivity index (χ2n) is 10.7. The summed E-state index contributed by atoms with van der Waals surface area (Å²) in [5, 5.41) is 0. The van der Waals surface area contributed by atoms with E-state index in [1.165, 1.54) is 16.8 Å². The zero-order valence-corrected chi connectivity index (χ0v) is 23.1. The molecule has 0 saturated carbocycles. The number of carbonyl (C=O) groups excluding carboxylic acids is 2. The summed E-state index contributed by atoms with van der Waals surface area (Å²) in [5.41, 5.74) is 7.31. The number of nitrogens with zero attached hydrogens (tertiary/aromatic N) is 3. The maximum Gasteiger partial charge on any atom is 0.254 e. The van der Waals surface area contributed by atoms with Crippen molar-refractivity contribution in [1.29, 1.82) is 0 Å². The molecule has 0 bridgehead atoms. The molecule has 0 aromatic heterocycles. The van der Waals surface area contributed by atoms with E-state index in [4.69, 9.17) is 9.47 Å². The molecule has 6 rings (SSSR count). The molecule has 3 aromatic rings. The van der Waals surface area contributed by atoms with Crippen molar-refractivity contribution in [3.05, 3.63) is 88.0 Å². The maximum atomic E-state index is 14.4. The third-order valence-corrected chi connectivity index (χ3v) is 8.80. The minimum atomic E-state index is -0.483. The van der Waals surface area contributed by atoms with Crippen LogP contribution in [0, 0.1) is 13.8 Å². The Balaban J connectivity index is 1.36. The Hall–Kier alpha value is -4.00. The standard InChI is InChI=1S/C32H35N3O4/c1-20-8-7-11-26(21(20)2)33-14-16-34(17-15-33)32(37)29-23-9-5-6-10-24(23)31(36)35-13-12-22-18-27(38-3)28(39-4)19-25(22)30(29)35/h5-11,18-19,29-30H,12-17H2,1-4H3. The molecule has 0 spiro atoms. The lowest BCUT2D eigenvalue weighted by Crippen LogP contribution is -2.54. The number of piperazine rings is 1. The van der Waals surface area contributed by atoms with Crippen molar-refractivity contribution in [3.8, 4) is 11.5 Å². The summed E-state index contributed by atoms with van der Waals surface area (Å²) in [6.07, 6.45) is 0.704. The molecule has 2 unspecified atom stereocenters. The number of anilines is 1. The van der Waals surface area contributed by atoms with E-state index in [1.54, 1.807) is 14.2 Å². The fraction of sp³-hybridized carbons (Fsp3) is 0.375. The van der Waals surface area contributed by atoms with Crippen LogP contribution < -0.4 is 14.4 Å². The minimum Gasteiger partial charge on any atom is -0.493 e. The number of hydrogen-bond acceptors (Lipinski definition) is 5. The number of benzene rings is 3. The smallest absolute Gasteiger partial charge is 0.254 e. The number of aryl methyl sites for hydroxylation is 1. The van der Waals surface area contributed by atoms with Gasteiger partial charge in [0.1, 0.15) is 0 Å². The monoisotopic (exact) mass is 525 g/mol. The van der Waals surface area contributed by atoms with Crippen molar-refractivity contribution in [3.63, 3.8) is 0 Å². The molecule has 7 nitrogen and oxygen atoms in total. The summed E-state index contributed by atoms with van der Waals surface area (Å²) in [5.74, 6) is 0.853. The Morgan fingerprint density at radius 2 is 1.56 bits per heavy atom. The molecule has 3 heterocycles. The Labute approximate surface area is 229 Å². The van der Waals surface area contributed by atoms with Gasteiger partial charge in [0.25, 0.3) is 5.91 Å². The van der Waals surface area contributed by atoms with E-state index < -0.39 is 5.92 Å². The molecule has 1 saturated heterocycles. The zero-order chi connectivity index (χ0) is 27.3. The van der Waals surface area contributed by atoms with Crippen LogP contribution in [-0.4, -0.2) is 68.6 Å². The van der Waals surface area contributed by atoms with Gasteiger partial charge in [0.2, 0.25) is 5.91 Å². The SMILES string of the molecule is COc1cc2c(cc1OC)C1C(C(=O)N3CCN(c4cccc(C)c4C)CC3)c3ccccc3C(=O)N1CC2. The number of amides is 2. The van der Waals surface area contributed by atoms with E-state index in [2.05, 4.69) is 36.9 Å². The van der Waals surface area contributed by atoms with Gasteiger partial charge in [-0.15, -0.1) is 0 Å². The topological polar surface area (TPSA) is 62.3 Å². The van der Waals surface area contributed by atoms with E-state index in [0.717, 1.165) is 29.8 Å². The van der Waals surface area contributed by atoms with Gasteiger partial charge in [0, 0.05) is 44.0 Å². The second kappa shape index (κ2) is 9.95. The molecule has 2 amide bonds. The predicted octanol–water partition coefficient (Wildman–Crippen LogP) is 4.51. The van der Waals surface area contributed by atoms with Crippen molar-refractivity contribution in [2.45, 2.75) is 32.2 Å². The van der Waals surface area contributed by atoms with Crippen molar-refractivity contribution >= 4 is 17.5 Å². The first kappa shape index (κ1) is 25.3. The Bertz CT molecular complexity index is 1440. The Kier molecular flexibility index (Phi) is 6.45. The first-order valence-corrected chi connectivity index (χ1v) is 13.7. The Morgan fingerprint density at radius 1 is 0.846 bits per heavy atom. The lowest BCUT2D eigenvalue weighted by atomic mass is 9.75. The second-order valence-corrected chi connectivity index (χ2v) is 10.7. The predicted molar refractivity (Wildman–Crippen MR) is 151 cm³/mol. The van der Waals surface area contributed by atoms with Crippen LogP contribution in [0.25, 0.3) is 0 Å². The average molecular weight is 526 g/mol. The van der Waals surface area contributed by atoms with Gasteiger partial charge in [0.15, 0.2) is 11.5 Å². The van der Waals surface area contributed by atoms with E-state index in [9.17, 15) is 9.59 Å². The number of methoxy groups -OCH3 is 2. The van der Waals surface area contributed by atoms with Crippen LogP contribution in [0.5, 0.6) is 11.5 Å². The van der Waals surface area contributed by atoms with Crippen LogP contribution in [0.1, 0.15) is 50.1 Å². The Morgan fingerprint density at radius 3 is 2.31 bits per heavy atom. The van der Waals surface area contributed by atoms with E-state index >= 15 is 0 Å². The van der Waals surface area contributed by atoms with Gasteiger partial charge in [0.05, 0.1) is 26.2 Å². The van der Waals surface area contributed by atoms with E-state index in [1.807, 2.05) is 46.2 Å². The van der Waals surface area contributed by atoms with Gasteiger partial charge in [-0.1, -0.05) is 30.3 Å². The van der Waals surface area contributed by atoms with Crippen molar-refractivity contribution < 1.29 is 19.1 Å². The molecule has 0 radical (unpaired) electrons. The summed E-state index contributed by atoms with van der Waals surface area (Å²) in [6, 6.07) is 17.6. The molecular weight excluding hydrogens is 490 g/mol. The lowest BCUT2D eigenvalue weighted by Gasteiger charge is -2.47. The van der Waals surface area contributed by atoms with Crippen LogP contribution in [0.4, 0.5) is 5.69 Å². The molecule has 202 valence electrons. The molecule has 1 fully saturated rings. The summed E-state index contributed by atoms with van der Waals surface area (Å²) in [7, 11) is 3.24. The first-order chi connectivity index (χ1) is 18.9. The van der Waals surface area contributed by atoms with Crippen LogP contribution >= 0.6 is 0 Å². The van der Waals surface area contributed by atoms with Crippen molar-refractivity contribution in [2.24, 2.45) is 0 Å². The molecular formula is C32H35N3O4. The van der Waals surface area contributed by atoms with Crippen LogP contribution in [0.15, 0.2) is 54.6 Å². The molecule has 0 aliphatic carbocycles. The highest BCUT2D eigenvalue weighted by Gasteiger charge is 2.48. The highest BCUT2D eigenvalue weighted by molar-refractivity contribution is 6.01. The van der Waals surface area contributed by atoms with Gasteiger partial charge < -0.3 is 24.2 Å². The minimum absolute atomic E-state index is 0.0140. The molecule has 39 heavy (non-hydrogen) atoms. The fourth-order valence-electron chi connectivity index (χ4n) is 6.56. The molecule has 0 N–H and O–H groups in total. The van der Waals surface area contributed by atoms with Gasteiger partial charge >= 0.3 is 0 Å². The maximum absolute atomic E-state index is 14.4. The van der Waals surface area contributed by atoms with Gasteiger partial charge in [-0.3, -0.25) is 9.59 Å². The zero-order valence-electron chi connectivity index (χ0n) is 23.1. The highest BCUT2D eigenvalue weighted by atomic mass is 16.5. The normalized spacial score (nSPS) is 20.2. The average Bonchev–Trinajstić information content (AvgIpc) is 2.97. The van der Waals surface area contributed by atoms with Crippen LogP contribution in [-0.2, 0) is 11.2 Å². The van der Waals surface area contributed by atoms with Gasteiger partial charge in [-0.2, -0.15) is 0 Å². The van der Waals surface area contributed by atoms with E-state index in [-0.39, 0.29) is 17.9 Å². The van der Waals surface area contributed by atoms with Gasteiger partial charge in [-0.25, -0.2) is 0 Å². The first-order valence-electron chi connectivity index (χ1n) is 13.7. The largest absolute Gasteiger partial charge is 0.493 e. The summed E-state index contributed by atoms with van der Waals surface area (Å²) >= 11 is 0. The summed E-state index contributed by atoms with van der Waals surface area (Å²) < 4.78 is 11.2. The molecule has 3 aliphatic heterocycles. The van der Waals surface area contributed by atoms with Crippen LogP contribution in [0.3, 0.4) is 0 Å². The third kappa shape index (κ3) is 4.11. The number of fused-ring (bicyclic) bond motifs is 4. The molecule has 2 atom stereocenters. The number of rotatable bonds is 4. The summed E-state index contributed by atoms with van der Waals surface area (Å²) in [4.78, 5) is 34.4. The summed E-state index contributed by atoms with van der Waals surface area (Å²) in [6.45, 7) is 7.70. The number of hydrogen-bond donors (Lipinski definition) is 0. The molecule has 7 heteroatoms. The van der Waals surface area contributed by atoms with E-state index in [0.29, 0.717) is 43.1 Å². The lowest BCUT2D eigenvalue weighted by molar-refractivity contribution is -0.135. The molecule has 3 aliphatic rings. The third-order valence-electron chi connectivity index (χ3n) is 8.80. The van der Waals surface area contributed by atoms with Gasteiger partial charge in [-0.05, 0) is 72.4 Å². The van der Waals surface area contributed by atoms with Crippen molar-refractivity contribution in [1.82, 2.24) is 9.80 Å².